The second-order valence-corrected chi connectivity index (χ2v) is 9.85. The second kappa shape index (κ2) is 10.4. The summed E-state index contributed by atoms with van der Waals surface area (Å²) < 4.78 is 17.3. The maximum Gasteiger partial charge on any atom is 0.336 e. The van der Waals surface area contributed by atoms with Crippen LogP contribution in [0.15, 0.2) is 82.0 Å². The number of ether oxygens (including phenoxy) is 3. The number of allylic oxidation sites excluding steroid dienone is 2. The molecule has 0 amide bonds. The molecule has 0 saturated heterocycles. The van der Waals surface area contributed by atoms with Crippen molar-refractivity contribution in [2.45, 2.75) is 19.4 Å². The average molecular weight is 591 g/mol. The molecule has 1 atom stereocenters. The number of esters is 1. The summed E-state index contributed by atoms with van der Waals surface area (Å²) >= 11 is 3.57. The van der Waals surface area contributed by atoms with Crippen molar-refractivity contribution in [2.24, 2.45) is 0 Å². The fraction of sp³-hybridized carbons (Fsp3) is 0.172. The third-order valence-corrected chi connectivity index (χ3v) is 7.36. The van der Waals surface area contributed by atoms with Crippen LogP contribution < -0.4 is 14.8 Å². The third-order valence-electron chi connectivity index (χ3n) is 6.77. The highest BCUT2D eigenvalue weighted by Crippen LogP contribution is 2.49. The van der Waals surface area contributed by atoms with Gasteiger partial charge < -0.3 is 19.5 Å². The van der Waals surface area contributed by atoms with Crippen molar-refractivity contribution in [3.05, 3.63) is 114 Å². The molecule has 0 aromatic heterocycles. The first-order chi connectivity index (χ1) is 18.7. The van der Waals surface area contributed by atoms with Gasteiger partial charge in [-0.05, 0) is 58.2 Å². The second-order valence-electron chi connectivity index (χ2n) is 9.00. The Bertz CT molecular complexity index is 1590. The van der Waals surface area contributed by atoms with E-state index in [1.807, 2.05) is 18.2 Å². The summed E-state index contributed by atoms with van der Waals surface area (Å²) in [7, 11) is 2.80. The molecule has 0 unspecified atom stereocenters. The molecule has 0 bridgehead atoms. The highest BCUT2D eigenvalue weighted by Gasteiger charge is 2.43. The summed E-state index contributed by atoms with van der Waals surface area (Å²) in [5, 5.41) is 14.2. The number of carbonyl (C=O) groups excluding carboxylic acids is 2. The zero-order valence-corrected chi connectivity index (χ0v) is 22.8. The lowest BCUT2D eigenvalue weighted by Crippen LogP contribution is -2.29. The molecule has 1 aliphatic heterocycles. The Morgan fingerprint density at radius 3 is 2.41 bits per heavy atom. The van der Waals surface area contributed by atoms with Crippen LogP contribution in [0.25, 0.3) is 5.70 Å². The molecule has 0 fully saturated rings. The van der Waals surface area contributed by atoms with Crippen molar-refractivity contribution in [1.29, 1.82) is 0 Å². The van der Waals surface area contributed by atoms with E-state index in [2.05, 4.69) is 21.2 Å². The van der Waals surface area contributed by atoms with Crippen molar-refractivity contribution in [3.8, 4) is 11.5 Å². The van der Waals surface area contributed by atoms with Crippen LogP contribution in [0.1, 0.15) is 39.9 Å². The lowest BCUT2D eigenvalue weighted by atomic mass is 9.79. The number of nitrogens with one attached hydrogen (secondary N) is 1. The number of nitro benzene ring substituents is 1. The molecular formula is C29H23BrN2O7. The standard InChI is InChI=1S/C29H23BrN2O7/c1-15-23(29(34)38-3)24(25-26(31-15)19-6-4-5-7-20(19)27(25)33)17-12-21(30)28(22(13-17)37-2)39-14-16-8-10-18(11-9-16)32(35)36/h4-13,24,31H,14H2,1-3H3/t24-/m1/s1. The Morgan fingerprint density at radius 1 is 1.08 bits per heavy atom. The fourth-order valence-electron chi connectivity index (χ4n) is 4.96. The number of hydrogen-bond donors (Lipinski definition) is 1. The van der Waals surface area contributed by atoms with Crippen LogP contribution in [0.3, 0.4) is 0 Å². The Morgan fingerprint density at radius 2 is 1.77 bits per heavy atom. The van der Waals surface area contributed by atoms with Gasteiger partial charge in [0.1, 0.15) is 6.61 Å². The molecule has 3 aromatic carbocycles. The van der Waals surface area contributed by atoms with Gasteiger partial charge in [-0.25, -0.2) is 4.79 Å². The van der Waals surface area contributed by atoms with Gasteiger partial charge in [-0.15, -0.1) is 0 Å². The van der Waals surface area contributed by atoms with Crippen LogP contribution in [0, 0.1) is 10.1 Å². The van der Waals surface area contributed by atoms with Gasteiger partial charge in [0, 0.05) is 40.4 Å². The fourth-order valence-corrected chi connectivity index (χ4v) is 5.53. The molecule has 1 heterocycles. The van der Waals surface area contributed by atoms with E-state index in [0.717, 1.165) is 11.1 Å². The molecule has 9 nitrogen and oxygen atoms in total. The van der Waals surface area contributed by atoms with Crippen LogP contribution in [0.4, 0.5) is 5.69 Å². The molecular weight excluding hydrogens is 568 g/mol. The average Bonchev–Trinajstić information content (AvgIpc) is 3.22. The summed E-state index contributed by atoms with van der Waals surface area (Å²) in [6.45, 7) is 1.91. The molecule has 0 radical (unpaired) electrons. The number of carbonyl (C=O) groups is 2. The van der Waals surface area contributed by atoms with Crippen molar-refractivity contribution >= 4 is 39.1 Å². The number of halogens is 1. The molecule has 198 valence electrons. The molecule has 0 spiro atoms. The molecule has 2 aliphatic rings. The number of nitro groups is 1. The van der Waals surface area contributed by atoms with Gasteiger partial charge in [-0.3, -0.25) is 14.9 Å². The Kier molecular flexibility index (Phi) is 6.96. The van der Waals surface area contributed by atoms with Gasteiger partial charge >= 0.3 is 5.97 Å². The summed E-state index contributed by atoms with van der Waals surface area (Å²) in [6.07, 6.45) is 0. The van der Waals surface area contributed by atoms with Gasteiger partial charge in [0.25, 0.3) is 5.69 Å². The summed E-state index contributed by atoms with van der Waals surface area (Å²) in [5.41, 5.74) is 4.73. The number of hydrogen-bond acceptors (Lipinski definition) is 8. The van der Waals surface area contributed by atoms with E-state index in [1.54, 1.807) is 37.3 Å². The van der Waals surface area contributed by atoms with Gasteiger partial charge in [0.2, 0.25) is 0 Å². The predicted molar refractivity (Wildman–Crippen MR) is 146 cm³/mol. The minimum absolute atomic E-state index is 0.00845. The van der Waals surface area contributed by atoms with E-state index in [4.69, 9.17) is 14.2 Å². The van der Waals surface area contributed by atoms with E-state index in [0.29, 0.717) is 49.6 Å². The molecule has 0 saturated carbocycles. The van der Waals surface area contributed by atoms with Crippen molar-refractivity contribution < 1.29 is 28.7 Å². The molecule has 3 aromatic rings. The summed E-state index contributed by atoms with van der Waals surface area (Å²) in [6, 6.07) is 16.9. The quantitative estimate of drug-likeness (QED) is 0.212. The first kappa shape index (κ1) is 26.2. The number of rotatable bonds is 7. The van der Waals surface area contributed by atoms with Crippen LogP contribution in [0.5, 0.6) is 11.5 Å². The van der Waals surface area contributed by atoms with Crippen molar-refractivity contribution in [1.82, 2.24) is 5.32 Å². The number of non-ortho nitro benzene ring substituents is 1. The van der Waals surface area contributed by atoms with Gasteiger partial charge in [0.05, 0.1) is 34.9 Å². The number of methoxy groups -OCH3 is 2. The maximum atomic E-state index is 13.6. The Hall–Kier alpha value is -4.44. The van der Waals surface area contributed by atoms with Crippen LogP contribution in [0.2, 0.25) is 0 Å². The normalized spacial score (nSPS) is 15.9. The summed E-state index contributed by atoms with van der Waals surface area (Å²) in [5.74, 6) is -0.645. The first-order valence-corrected chi connectivity index (χ1v) is 12.7. The van der Waals surface area contributed by atoms with Crippen LogP contribution in [-0.4, -0.2) is 30.9 Å². The predicted octanol–water partition coefficient (Wildman–Crippen LogP) is 5.69. The van der Waals surface area contributed by atoms with Crippen LogP contribution >= 0.6 is 15.9 Å². The Balaban J connectivity index is 1.56. The van der Waals surface area contributed by atoms with E-state index < -0.39 is 16.8 Å². The molecule has 1 N–H and O–H groups in total. The largest absolute Gasteiger partial charge is 0.493 e. The van der Waals surface area contributed by atoms with E-state index in [-0.39, 0.29) is 18.1 Å². The van der Waals surface area contributed by atoms with E-state index >= 15 is 0 Å². The van der Waals surface area contributed by atoms with Crippen LogP contribution in [-0.2, 0) is 16.1 Å². The number of Topliss-reactive ketones (excluding diaryl/α,β-unsaturated/α-hetero) is 1. The van der Waals surface area contributed by atoms with Gasteiger partial charge in [-0.2, -0.15) is 0 Å². The lowest BCUT2D eigenvalue weighted by Gasteiger charge is -2.29. The number of nitrogens with zero attached hydrogens (tertiary/aromatic N) is 1. The summed E-state index contributed by atoms with van der Waals surface area (Å²) in [4.78, 5) is 37.1. The SMILES string of the molecule is COC(=O)C1=C(C)NC2=C(C(=O)c3ccccc32)[C@@H]1c1cc(Br)c(OCc2ccc([N+](=O)[O-])cc2)c(OC)c1. The zero-order valence-electron chi connectivity index (χ0n) is 21.2. The maximum absolute atomic E-state index is 13.6. The number of dihydropyridines is 1. The van der Waals surface area contributed by atoms with E-state index in [1.165, 1.54) is 26.4 Å². The molecule has 5 rings (SSSR count). The topological polar surface area (TPSA) is 117 Å². The van der Waals surface area contributed by atoms with E-state index in [9.17, 15) is 19.7 Å². The number of ketones is 1. The first-order valence-electron chi connectivity index (χ1n) is 11.9. The third kappa shape index (κ3) is 4.57. The Labute approximate surface area is 232 Å². The monoisotopic (exact) mass is 590 g/mol. The molecule has 1 aliphatic carbocycles. The minimum Gasteiger partial charge on any atom is -0.493 e. The minimum atomic E-state index is -0.720. The van der Waals surface area contributed by atoms with Gasteiger partial charge in [0.15, 0.2) is 17.3 Å². The zero-order chi connectivity index (χ0) is 27.8. The number of fused-ring (bicyclic) bond motifs is 2. The van der Waals surface area contributed by atoms with Gasteiger partial charge in [-0.1, -0.05) is 24.3 Å². The lowest BCUT2D eigenvalue weighted by molar-refractivity contribution is -0.384. The highest BCUT2D eigenvalue weighted by molar-refractivity contribution is 9.10. The number of benzene rings is 3. The highest BCUT2D eigenvalue weighted by atomic mass is 79.9. The van der Waals surface area contributed by atoms with Crippen molar-refractivity contribution in [2.75, 3.05) is 14.2 Å². The smallest absolute Gasteiger partial charge is 0.336 e. The molecule has 10 heteroatoms. The van der Waals surface area contributed by atoms with Crippen molar-refractivity contribution in [3.63, 3.8) is 0 Å². The molecule has 39 heavy (non-hydrogen) atoms.